The molecule has 0 aromatic heterocycles. The fraction of sp³-hybridized carbons (Fsp3) is 0.909. The van der Waals surface area contributed by atoms with Crippen molar-refractivity contribution in [2.24, 2.45) is 17.8 Å². The van der Waals surface area contributed by atoms with Gasteiger partial charge in [-0.15, -0.1) is 0 Å². The Kier molecular flexibility index (Phi) is 9.10. The first-order chi connectivity index (χ1) is 11.3. The molecule has 0 aliphatic heterocycles. The first-order valence-electron chi connectivity index (χ1n) is 10.4. The smallest absolute Gasteiger partial charge is 0.100 e. The average molecular weight is 321 g/mol. The fourth-order valence-corrected chi connectivity index (χ4v) is 4.24. The maximum Gasteiger partial charge on any atom is 0.100 e. The van der Waals surface area contributed by atoms with Crippen LogP contribution in [-0.2, 0) is 0 Å². The summed E-state index contributed by atoms with van der Waals surface area (Å²) in [5, 5.41) is 0. The van der Waals surface area contributed by atoms with Crippen LogP contribution < -0.4 is 0 Å². The molecule has 0 N–H and O–H groups in total. The topological polar surface area (TPSA) is 0 Å². The fourth-order valence-electron chi connectivity index (χ4n) is 4.24. The van der Waals surface area contributed by atoms with Crippen molar-refractivity contribution in [1.29, 1.82) is 0 Å². The summed E-state index contributed by atoms with van der Waals surface area (Å²) >= 11 is 0. The highest BCUT2D eigenvalue weighted by Gasteiger charge is 2.21. The zero-order valence-corrected chi connectivity index (χ0v) is 15.3. The molecule has 23 heavy (non-hydrogen) atoms. The zero-order chi connectivity index (χ0) is 16.3. The number of unbranched alkanes of at least 4 members (excludes halogenated alkanes) is 5. The van der Waals surface area contributed by atoms with Gasteiger partial charge in [0, 0.05) is 11.8 Å². The van der Waals surface area contributed by atoms with Crippen molar-refractivity contribution in [3.8, 4) is 11.8 Å². The number of hydrogen-bond acceptors (Lipinski definition) is 0. The van der Waals surface area contributed by atoms with E-state index in [0.717, 1.165) is 31.6 Å². The summed E-state index contributed by atoms with van der Waals surface area (Å²) in [6, 6.07) is 0. The molecule has 0 atom stereocenters. The predicted molar refractivity (Wildman–Crippen MR) is 98.1 cm³/mol. The van der Waals surface area contributed by atoms with E-state index < -0.39 is 6.17 Å². The second kappa shape index (κ2) is 11.1. The SMILES string of the molecule is CCCCCCCCC1CCC(C#CC2CCC(F)CC2)CC1. The summed E-state index contributed by atoms with van der Waals surface area (Å²) in [5.41, 5.74) is 0. The minimum absolute atomic E-state index is 0.489. The van der Waals surface area contributed by atoms with Crippen LogP contribution in [0.15, 0.2) is 0 Å². The van der Waals surface area contributed by atoms with Gasteiger partial charge in [0.1, 0.15) is 6.17 Å². The van der Waals surface area contributed by atoms with Gasteiger partial charge in [-0.05, 0) is 57.3 Å². The van der Waals surface area contributed by atoms with Crippen molar-refractivity contribution >= 4 is 0 Å². The lowest BCUT2D eigenvalue weighted by molar-refractivity contribution is 0.229. The van der Waals surface area contributed by atoms with Crippen LogP contribution in [0, 0.1) is 29.6 Å². The Bertz CT molecular complexity index is 348. The van der Waals surface area contributed by atoms with Gasteiger partial charge >= 0.3 is 0 Å². The molecule has 0 spiro atoms. The van der Waals surface area contributed by atoms with Crippen LogP contribution in [0.25, 0.3) is 0 Å². The van der Waals surface area contributed by atoms with E-state index in [4.69, 9.17) is 0 Å². The highest BCUT2D eigenvalue weighted by Crippen LogP contribution is 2.32. The molecule has 132 valence electrons. The van der Waals surface area contributed by atoms with E-state index in [9.17, 15) is 4.39 Å². The van der Waals surface area contributed by atoms with E-state index in [1.807, 2.05) is 0 Å². The van der Waals surface area contributed by atoms with E-state index in [2.05, 4.69) is 18.8 Å². The Morgan fingerprint density at radius 3 is 1.83 bits per heavy atom. The molecule has 0 amide bonds. The summed E-state index contributed by atoms with van der Waals surface area (Å²) in [4.78, 5) is 0. The van der Waals surface area contributed by atoms with Gasteiger partial charge in [0.25, 0.3) is 0 Å². The van der Waals surface area contributed by atoms with E-state index >= 15 is 0 Å². The Balaban J connectivity index is 1.54. The molecule has 2 saturated carbocycles. The van der Waals surface area contributed by atoms with Crippen molar-refractivity contribution in [2.45, 2.75) is 109 Å². The van der Waals surface area contributed by atoms with E-state index in [-0.39, 0.29) is 0 Å². The maximum atomic E-state index is 13.1. The molecule has 0 bridgehead atoms. The van der Waals surface area contributed by atoms with Gasteiger partial charge in [-0.25, -0.2) is 4.39 Å². The highest BCUT2D eigenvalue weighted by atomic mass is 19.1. The minimum Gasteiger partial charge on any atom is -0.247 e. The van der Waals surface area contributed by atoms with E-state index in [0.29, 0.717) is 11.8 Å². The van der Waals surface area contributed by atoms with Crippen LogP contribution in [0.2, 0.25) is 0 Å². The first kappa shape index (κ1) is 18.8. The molecule has 2 fully saturated rings. The molecule has 0 saturated heterocycles. The highest BCUT2D eigenvalue weighted by molar-refractivity contribution is 5.09. The van der Waals surface area contributed by atoms with Crippen LogP contribution in [0.1, 0.15) is 103 Å². The van der Waals surface area contributed by atoms with Crippen molar-refractivity contribution in [3.05, 3.63) is 0 Å². The van der Waals surface area contributed by atoms with Gasteiger partial charge in [-0.3, -0.25) is 0 Å². The number of halogens is 1. The van der Waals surface area contributed by atoms with Gasteiger partial charge in [-0.2, -0.15) is 0 Å². The van der Waals surface area contributed by atoms with Gasteiger partial charge in [-0.1, -0.05) is 63.7 Å². The molecule has 0 aromatic carbocycles. The van der Waals surface area contributed by atoms with Crippen LogP contribution >= 0.6 is 0 Å². The molecule has 2 aliphatic carbocycles. The van der Waals surface area contributed by atoms with Crippen molar-refractivity contribution in [1.82, 2.24) is 0 Å². The zero-order valence-electron chi connectivity index (χ0n) is 15.3. The molecule has 0 unspecified atom stereocenters. The van der Waals surface area contributed by atoms with Gasteiger partial charge in [0.15, 0.2) is 0 Å². The number of rotatable bonds is 7. The van der Waals surface area contributed by atoms with Gasteiger partial charge in [0.05, 0.1) is 0 Å². The summed E-state index contributed by atoms with van der Waals surface area (Å²) in [7, 11) is 0. The molecule has 2 aliphatic rings. The Hall–Kier alpha value is -0.510. The summed E-state index contributed by atoms with van der Waals surface area (Å²) < 4.78 is 13.1. The lowest BCUT2D eigenvalue weighted by Crippen LogP contribution is -2.15. The first-order valence-corrected chi connectivity index (χ1v) is 10.4. The maximum absolute atomic E-state index is 13.1. The Morgan fingerprint density at radius 1 is 0.696 bits per heavy atom. The van der Waals surface area contributed by atoms with Gasteiger partial charge < -0.3 is 0 Å². The molecule has 0 radical (unpaired) electrons. The second-order valence-corrected chi connectivity index (χ2v) is 8.01. The lowest BCUT2D eigenvalue weighted by atomic mass is 9.79. The van der Waals surface area contributed by atoms with Crippen molar-refractivity contribution in [3.63, 3.8) is 0 Å². The summed E-state index contributed by atoms with van der Waals surface area (Å²) in [6.07, 6.45) is 18.3. The third-order valence-corrected chi connectivity index (χ3v) is 5.96. The van der Waals surface area contributed by atoms with Gasteiger partial charge in [0.2, 0.25) is 0 Å². The Morgan fingerprint density at radius 2 is 1.22 bits per heavy atom. The quantitative estimate of drug-likeness (QED) is 0.347. The monoisotopic (exact) mass is 320 g/mol. The molecule has 0 heterocycles. The summed E-state index contributed by atoms with van der Waals surface area (Å²) in [5.74, 6) is 9.13. The number of hydrogen-bond donors (Lipinski definition) is 0. The molecule has 2 rings (SSSR count). The van der Waals surface area contributed by atoms with E-state index in [1.54, 1.807) is 0 Å². The third-order valence-electron chi connectivity index (χ3n) is 5.96. The molecular formula is C22H37F. The van der Waals surface area contributed by atoms with Crippen LogP contribution in [0.5, 0.6) is 0 Å². The standard InChI is InChI=1S/C22H37F/c1-2-3-4-5-6-7-8-19-9-11-20(12-10-19)13-14-21-15-17-22(23)18-16-21/h19-22H,2-12,15-18H2,1H3. The van der Waals surface area contributed by atoms with Crippen molar-refractivity contribution < 1.29 is 4.39 Å². The number of alkyl halides is 1. The lowest BCUT2D eigenvalue weighted by Gasteiger charge is -2.26. The van der Waals surface area contributed by atoms with Crippen LogP contribution in [0.3, 0.4) is 0 Å². The van der Waals surface area contributed by atoms with E-state index in [1.165, 1.54) is 70.6 Å². The molecule has 1 heteroatoms. The third kappa shape index (κ3) is 7.73. The second-order valence-electron chi connectivity index (χ2n) is 8.01. The molecule has 0 aromatic rings. The minimum atomic E-state index is -0.550. The largest absolute Gasteiger partial charge is 0.247 e. The molecule has 0 nitrogen and oxygen atoms in total. The van der Waals surface area contributed by atoms with Crippen molar-refractivity contribution in [2.75, 3.05) is 0 Å². The average Bonchev–Trinajstić information content (AvgIpc) is 2.58. The summed E-state index contributed by atoms with van der Waals surface area (Å²) in [6.45, 7) is 2.29. The molecular weight excluding hydrogens is 283 g/mol. The Labute approximate surface area is 144 Å². The predicted octanol–water partition coefficient (Wildman–Crippen LogP) is 7.08. The van der Waals surface area contributed by atoms with Crippen LogP contribution in [-0.4, -0.2) is 6.17 Å². The van der Waals surface area contributed by atoms with Crippen LogP contribution in [0.4, 0.5) is 4.39 Å². The normalized spacial score (nSPS) is 31.4.